The number of anilines is 2. The van der Waals surface area contributed by atoms with Crippen molar-refractivity contribution >= 4 is 61.2 Å². The van der Waals surface area contributed by atoms with Crippen LogP contribution >= 0.6 is 11.6 Å². The van der Waals surface area contributed by atoms with Crippen LogP contribution in [-0.2, 0) is 21.4 Å². The summed E-state index contributed by atoms with van der Waals surface area (Å²) in [5, 5.41) is 3.74. The van der Waals surface area contributed by atoms with E-state index in [1.807, 2.05) is 47.6 Å². The molecule has 54 heavy (non-hydrogen) atoms. The number of halogens is 1. The molecule has 0 saturated carbocycles. The van der Waals surface area contributed by atoms with Gasteiger partial charge in [-0.3, -0.25) is 9.59 Å². The Balaban J connectivity index is 1.74. The smallest absolute Gasteiger partial charge is 0.281 e. The zero-order valence-electron chi connectivity index (χ0n) is 32.3. The Bertz CT molecular complexity index is 2070. The van der Waals surface area contributed by atoms with Crippen molar-refractivity contribution in [2.75, 3.05) is 43.2 Å². The number of sulfonamides is 1. The molecule has 0 bridgehead atoms. The number of unbranched alkanes of at least 4 members (excludes halogenated alkanes) is 9. The Labute approximate surface area is 325 Å². The number of nitrogens with one attached hydrogen (secondary N) is 2. The minimum Gasteiger partial charge on any atom is -0.495 e. The van der Waals surface area contributed by atoms with E-state index < -0.39 is 21.5 Å². The first-order chi connectivity index (χ1) is 25.9. The average molecular weight is 779 g/mol. The van der Waals surface area contributed by atoms with E-state index in [2.05, 4.69) is 21.9 Å². The summed E-state index contributed by atoms with van der Waals surface area (Å²) in [5.41, 5.74) is 2.71. The number of rotatable bonds is 22. The van der Waals surface area contributed by atoms with Crippen LogP contribution in [0.2, 0.25) is 5.02 Å². The molecule has 2 N–H and O–H groups in total. The molecule has 1 aromatic heterocycles. The van der Waals surface area contributed by atoms with Gasteiger partial charge in [-0.1, -0.05) is 88.4 Å². The SMILES string of the molecule is CCCCCCCCCCCCn1c(C(=Nc2ccc(N(CC)CCNS(C)(=O)=O)cc2C)C(=O)Nc2ccccc2OC)nc(=O)c2cc(Cl)ccc21. The summed E-state index contributed by atoms with van der Waals surface area (Å²) >= 11 is 6.34. The van der Waals surface area contributed by atoms with Gasteiger partial charge in [-0.2, -0.15) is 4.98 Å². The van der Waals surface area contributed by atoms with Crippen LogP contribution in [0.15, 0.2) is 70.5 Å². The van der Waals surface area contributed by atoms with Crippen molar-refractivity contribution in [3.63, 3.8) is 0 Å². The average Bonchev–Trinajstić information content (AvgIpc) is 3.14. The van der Waals surface area contributed by atoms with Crippen molar-refractivity contribution in [3.8, 4) is 5.75 Å². The number of aryl methyl sites for hydroxylation is 2. The molecule has 3 aromatic carbocycles. The molecule has 292 valence electrons. The van der Waals surface area contributed by atoms with Crippen molar-refractivity contribution < 1.29 is 17.9 Å². The first-order valence-corrected chi connectivity index (χ1v) is 21.3. The highest BCUT2D eigenvalue weighted by Crippen LogP contribution is 2.28. The number of fused-ring (bicyclic) bond motifs is 1. The molecule has 1 amide bonds. The van der Waals surface area contributed by atoms with Crippen molar-refractivity contribution in [1.29, 1.82) is 0 Å². The lowest BCUT2D eigenvalue weighted by atomic mass is 10.1. The molecule has 1 heterocycles. The Morgan fingerprint density at radius 3 is 2.28 bits per heavy atom. The second-order valence-electron chi connectivity index (χ2n) is 13.6. The second kappa shape index (κ2) is 21.0. The fourth-order valence-electron chi connectivity index (χ4n) is 6.46. The number of hydrogen-bond acceptors (Lipinski definition) is 8. The molecule has 11 nitrogen and oxygen atoms in total. The molecule has 13 heteroatoms. The van der Waals surface area contributed by atoms with Gasteiger partial charge in [-0.05, 0) is 74.4 Å². The summed E-state index contributed by atoms with van der Waals surface area (Å²) in [6.07, 6.45) is 12.8. The third kappa shape index (κ3) is 12.4. The van der Waals surface area contributed by atoms with Crippen LogP contribution < -0.4 is 25.2 Å². The molecule has 0 atom stereocenters. The number of methoxy groups -OCH3 is 1. The van der Waals surface area contributed by atoms with Crippen molar-refractivity contribution in [2.24, 2.45) is 4.99 Å². The van der Waals surface area contributed by atoms with Gasteiger partial charge in [0.2, 0.25) is 10.0 Å². The number of aromatic nitrogens is 2. The molecule has 0 saturated heterocycles. The predicted octanol–water partition coefficient (Wildman–Crippen LogP) is 8.42. The highest BCUT2D eigenvalue weighted by Gasteiger charge is 2.24. The number of aliphatic imine (C=N–C) groups is 1. The highest BCUT2D eigenvalue weighted by atomic mass is 35.5. The summed E-state index contributed by atoms with van der Waals surface area (Å²) < 4.78 is 33.2. The number of para-hydroxylation sites is 2. The Kier molecular flexibility index (Phi) is 16.5. The number of hydrogen-bond donors (Lipinski definition) is 2. The Morgan fingerprint density at radius 1 is 0.944 bits per heavy atom. The van der Waals surface area contributed by atoms with E-state index in [1.165, 1.54) is 52.1 Å². The van der Waals surface area contributed by atoms with Crippen LogP contribution in [0.5, 0.6) is 5.75 Å². The van der Waals surface area contributed by atoms with Gasteiger partial charge in [0.15, 0.2) is 11.5 Å². The maximum Gasteiger partial charge on any atom is 0.281 e. The maximum atomic E-state index is 14.4. The lowest BCUT2D eigenvalue weighted by Gasteiger charge is -2.24. The first kappa shape index (κ1) is 42.5. The van der Waals surface area contributed by atoms with Gasteiger partial charge in [0.05, 0.1) is 35.6 Å². The fraction of sp³-hybridized carbons (Fsp3) is 0.463. The molecule has 0 aliphatic heterocycles. The number of ether oxygens (including phenoxy) is 1. The van der Waals surface area contributed by atoms with Crippen LogP contribution in [-0.4, -0.2) is 62.6 Å². The number of likely N-dealkylation sites (N-methyl/N-ethyl adjacent to an activating group) is 1. The summed E-state index contributed by atoms with van der Waals surface area (Å²) in [7, 11) is -1.79. The minimum absolute atomic E-state index is 0.0255. The van der Waals surface area contributed by atoms with Crippen LogP contribution in [0.4, 0.5) is 17.1 Å². The normalized spacial score (nSPS) is 11.9. The fourth-order valence-corrected chi connectivity index (χ4v) is 7.09. The number of benzene rings is 3. The van der Waals surface area contributed by atoms with E-state index >= 15 is 0 Å². The summed E-state index contributed by atoms with van der Waals surface area (Å²) in [5.74, 6) is 0.0744. The summed E-state index contributed by atoms with van der Waals surface area (Å²) in [4.78, 5) is 39.5. The van der Waals surface area contributed by atoms with E-state index in [9.17, 15) is 18.0 Å². The van der Waals surface area contributed by atoms with Crippen LogP contribution in [0.3, 0.4) is 0 Å². The highest BCUT2D eigenvalue weighted by molar-refractivity contribution is 7.88. The van der Waals surface area contributed by atoms with Gasteiger partial charge in [0.25, 0.3) is 11.5 Å². The van der Waals surface area contributed by atoms with Crippen LogP contribution in [0, 0.1) is 6.92 Å². The van der Waals surface area contributed by atoms with Crippen molar-refractivity contribution in [3.05, 3.63) is 87.4 Å². The third-order valence-corrected chi connectivity index (χ3v) is 10.3. The van der Waals surface area contributed by atoms with E-state index in [0.717, 1.165) is 36.8 Å². The van der Waals surface area contributed by atoms with Gasteiger partial charge < -0.3 is 19.5 Å². The number of amides is 1. The first-order valence-electron chi connectivity index (χ1n) is 19.0. The minimum atomic E-state index is -3.32. The maximum absolute atomic E-state index is 14.4. The molecule has 0 spiro atoms. The summed E-state index contributed by atoms with van der Waals surface area (Å²) in [6, 6.07) is 17.9. The van der Waals surface area contributed by atoms with Crippen LogP contribution in [0.25, 0.3) is 10.9 Å². The molecular weight excluding hydrogens is 724 g/mol. The molecule has 0 fully saturated rings. The zero-order chi connectivity index (χ0) is 39.1. The molecule has 0 unspecified atom stereocenters. The lowest BCUT2D eigenvalue weighted by Crippen LogP contribution is -2.34. The second-order valence-corrected chi connectivity index (χ2v) is 15.8. The molecule has 0 aliphatic rings. The zero-order valence-corrected chi connectivity index (χ0v) is 33.9. The molecule has 0 aliphatic carbocycles. The Hall–Kier alpha value is -4.26. The number of nitrogens with zero attached hydrogens (tertiary/aromatic N) is 4. The number of carbonyl (C=O) groups excluding carboxylic acids is 1. The van der Waals surface area contributed by atoms with Gasteiger partial charge >= 0.3 is 0 Å². The van der Waals surface area contributed by atoms with Gasteiger partial charge in [-0.25, -0.2) is 18.1 Å². The van der Waals surface area contributed by atoms with E-state index in [0.29, 0.717) is 52.7 Å². The van der Waals surface area contributed by atoms with E-state index in [1.54, 1.807) is 36.4 Å². The number of carbonyl (C=O) groups is 1. The largest absolute Gasteiger partial charge is 0.495 e. The molecule has 4 aromatic rings. The Morgan fingerprint density at radius 2 is 1.63 bits per heavy atom. The quantitative estimate of drug-likeness (QED) is 0.0604. The van der Waals surface area contributed by atoms with Crippen molar-refractivity contribution in [2.45, 2.75) is 91.5 Å². The standard InChI is InChI=1S/C41H55ClN6O5S/c1-6-8-9-10-11-12-13-14-15-18-26-48-36-24-21-31(42)29-33(36)40(49)46-39(48)38(41(50)45-35-19-16-17-20-37(35)53-4)44-34-23-22-32(28-30(34)3)47(7-2)27-25-43-54(5,51)52/h16-17,19-24,28-29,43H,6-15,18,25-27H2,1-5H3,(H,45,50). The third-order valence-electron chi connectivity index (χ3n) is 9.37. The van der Waals surface area contributed by atoms with Gasteiger partial charge in [-0.15, -0.1) is 0 Å². The summed E-state index contributed by atoms with van der Waals surface area (Å²) in [6.45, 7) is 8.01. The van der Waals surface area contributed by atoms with Gasteiger partial charge in [0.1, 0.15) is 5.75 Å². The van der Waals surface area contributed by atoms with Crippen LogP contribution in [0.1, 0.15) is 89.4 Å². The molecular formula is C41H55ClN6O5S. The molecule has 4 rings (SSSR count). The lowest BCUT2D eigenvalue weighted by molar-refractivity contribution is -0.110. The monoisotopic (exact) mass is 778 g/mol. The van der Waals surface area contributed by atoms with E-state index in [4.69, 9.17) is 21.3 Å². The van der Waals surface area contributed by atoms with E-state index in [-0.39, 0.29) is 18.1 Å². The van der Waals surface area contributed by atoms with Gasteiger partial charge in [0, 0.05) is 36.9 Å². The van der Waals surface area contributed by atoms with Crippen molar-refractivity contribution in [1.82, 2.24) is 14.3 Å². The topological polar surface area (TPSA) is 135 Å². The molecule has 0 radical (unpaired) electrons. The predicted molar refractivity (Wildman–Crippen MR) is 223 cm³/mol.